The predicted octanol–water partition coefficient (Wildman–Crippen LogP) is 2.26. The molecule has 1 aromatic heterocycles. The fourth-order valence-corrected chi connectivity index (χ4v) is 2.77. The number of amides is 1. The van der Waals surface area contributed by atoms with Crippen molar-refractivity contribution < 1.29 is 9.53 Å². The quantitative estimate of drug-likeness (QED) is 0.836. The summed E-state index contributed by atoms with van der Waals surface area (Å²) in [5.74, 6) is 2.10. The lowest BCUT2D eigenvalue weighted by molar-refractivity contribution is 0.149. The van der Waals surface area contributed by atoms with Crippen LogP contribution in [0.1, 0.15) is 32.6 Å². The summed E-state index contributed by atoms with van der Waals surface area (Å²) in [5, 5.41) is 6.25. The molecule has 0 unspecified atom stereocenters. The van der Waals surface area contributed by atoms with Gasteiger partial charge in [0.05, 0.1) is 6.61 Å². The maximum Gasteiger partial charge on any atom is 0.407 e. The van der Waals surface area contributed by atoms with Gasteiger partial charge in [0.25, 0.3) is 0 Å². The SMILES string of the molecule is CCOC(=O)NCC1CCC(Nc2nccc(N(C)C)n2)CC1. The lowest BCUT2D eigenvalue weighted by Crippen LogP contribution is -2.34. The van der Waals surface area contributed by atoms with E-state index in [9.17, 15) is 4.79 Å². The third-order valence-electron chi connectivity index (χ3n) is 4.09. The van der Waals surface area contributed by atoms with Crippen LogP contribution in [-0.4, -0.2) is 49.4 Å². The number of hydrogen-bond acceptors (Lipinski definition) is 6. The number of carbonyl (C=O) groups excluding carboxylic acids is 1. The van der Waals surface area contributed by atoms with E-state index >= 15 is 0 Å². The van der Waals surface area contributed by atoms with Crippen LogP contribution in [0.3, 0.4) is 0 Å². The second-order valence-electron chi connectivity index (χ2n) is 6.10. The molecule has 0 aliphatic heterocycles. The van der Waals surface area contributed by atoms with Gasteiger partial charge in [-0.1, -0.05) is 0 Å². The fraction of sp³-hybridized carbons (Fsp3) is 0.688. The molecule has 2 N–H and O–H groups in total. The minimum Gasteiger partial charge on any atom is -0.450 e. The highest BCUT2D eigenvalue weighted by molar-refractivity contribution is 5.67. The lowest BCUT2D eigenvalue weighted by atomic mass is 9.86. The van der Waals surface area contributed by atoms with Gasteiger partial charge in [-0.05, 0) is 44.6 Å². The largest absolute Gasteiger partial charge is 0.450 e. The Kier molecular flexibility index (Phi) is 6.43. The van der Waals surface area contributed by atoms with Crippen LogP contribution < -0.4 is 15.5 Å². The van der Waals surface area contributed by atoms with Crippen molar-refractivity contribution >= 4 is 17.9 Å². The molecule has 23 heavy (non-hydrogen) atoms. The highest BCUT2D eigenvalue weighted by atomic mass is 16.5. The Morgan fingerprint density at radius 2 is 2.09 bits per heavy atom. The normalized spacial score (nSPS) is 20.7. The molecular weight excluding hydrogens is 294 g/mol. The Balaban J connectivity index is 1.74. The Bertz CT molecular complexity index is 501. The van der Waals surface area contributed by atoms with Crippen LogP contribution in [0.25, 0.3) is 0 Å². The van der Waals surface area contributed by atoms with Gasteiger partial charge in [-0.2, -0.15) is 4.98 Å². The highest BCUT2D eigenvalue weighted by Gasteiger charge is 2.22. The summed E-state index contributed by atoms with van der Waals surface area (Å²) in [6.07, 6.45) is 5.74. The van der Waals surface area contributed by atoms with Gasteiger partial charge in [-0.25, -0.2) is 9.78 Å². The molecule has 1 amide bonds. The van der Waals surface area contributed by atoms with E-state index < -0.39 is 0 Å². The molecule has 1 aliphatic rings. The highest BCUT2D eigenvalue weighted by Crippen LogP contribution is 2.25. The average molecular weight is 321 g/mol. The number of ether oxygens (including phenoxy) is 1. The van der Waals surface area contributed by atoms with Crippen molar-refractivity contribution in [2.45, 2.75) is 38.6 Å². The van der Waals surface area contributed by atoms with Gasteiger partial charge in [0.2, 0.25) is 5.95 Å². The molecular formula is C16H27N5O2. The van der Waals surface area contributed by atoms with Gasteiger partial charge >= 0.3 is 6.09 Å². The standard InChI is InChI=1S/C16H27N5O2/c1-4-23-16(22)18-11-12-5-7-13(8-6-12)19-15-17-10-9-14(20-15)21(2)3/h9-10,12-13H,4-8,11H2,1-3H3,(H,18,22)(H,17,19,20). The molecule has 128 valence electrons. The van der Waals surface area contributed by atoms with Crippen LogP contribution in [0.15, 0.2) is 12.3 Å². The zero-order chi connectivity index (χ0) is 16.7. The van der Waals surface area contributed by atoms with Gasteiger partial charge in [-0.15, -0.1) is 0 Å². The van der Waals surface area contributed by atoms with Crippen LogP contribution in [0, 0.1) is 5.92 Å². The molecule has 0 spiro atoms. The molecule has 1 heterocycles. The summed E-state index contributed by atoms with van der Waals surface area (Å²) < 4.78 is 4.88. The first-order valence-electron chi connectivity index (χ1n) is 8.26. The first-order chi connectivity index (χ1) is 11.1. The third-order valence-corrected chi connectivity index (χ3v) is 4.09. The second-order valence-corrected chi connectivity index (χ2v) is 6.10. The minimum absolute atomic E-state index is 0.318. The minimum atomic E-state index is -0.318. The average Bonchev–Trinajstić information content (AvgIpc) is 2.55. The number of rotatable bonds is 6. The molecule has 2 rings (SSSR count). The van der Waals surface area contributed by atoms with Gasteiger partial charge in [0, 0.05) is 32.9 Å². The van der Waals surface area contributed by atoms with E-state index in [0.29, 0.717) is 31.1 Å². The van der Waals surface area contributed by atoms with Crippen molar-refractivity contribution in [2.75, 3.05) is 37.5 Å². The summed E-state index contributed by atoms with van der Waals surface area (Å²) in [6.45, 7) is 2.91. The Hall–Kier alpha value is -2.05. The maximum absolute atomic E-state index is 11.3. The van der Waals surface area contributed by atoms with Crippen LogP contribution in [0.4, 0.5) is 16.6 Å². The maximum atomic E-state index is 11.3. The van der Waals surface area contributed by atoms with Crippen molar-refractivity contribution in [3.63, 3.8) is 0 Å². The molecule has 1 fully saturated rings. The van der Waals surface area contributed by atoms with E-state index in [1.54, 1.807) is 6.20 Å². The molecule has 1 aromatic rings. The van der Waals surface area contributed by atoms with Crippen molar-refractivity contribution in [3.8, 4) is 0 Å². The zero-order valence-corrected chi connectivity index (χ0v) is 14.2. The van der Waals surface area contributed by atoms with Gasteiger partial charge in [-0.3, -0.25) is 0 Å². The molecule has 0 bridgehead atoms. The molecule has 0 aromatic carbocycles. The van der Waals surface area contributed by atoms with E-state index in [0.717, 1.165) is 31.5 Å². The van der Waals surface area contributed by atoms with Gasteiger partial charge < -0.3 is 20.3 Å². The molecule has 7 nitrogen and oxygen atoms in total. The van der Waals surface area contributed by atoms with E-state index in [1.165, 1.54) is 0 Å². The van der Waals surface area contributed by atoms with Gasteiger partial charge in [0.1, 0.15) is 5.82 Å². The summed E-state index contributed by atoms with van der Waals surface area (Å²) in [7, 11) is 3.93. The number of aromatic nitrogens is 2. The molecule has 0 saturated heterocycles. The fourth-order valence-electron chi connectivity index (χ4n) is 2.77. The molecule has 0 radical (unpaired) electrons. The number of nitrogens with zero attached hydrogens (tertiary/aromatic N) is 3. The summed E-state index contributed by atoms with van der Waals surface area (Å²) in [6, 6.07) is 2.29. The second kappa shape index (κ2) is 8.55. The van der Waals surface area contributed by atoms with Crippen molar-refractivity contribution in [1.29, 1.82) is 0 Å². The molecule has 7 heteroatoms. The number of anilines is 2. The van der Waals surface area contributed by atoms with Crippen molar-refractivity contribution in [3.05, 3.63) is 12.3 Å². The van der Waals surface area contributed by atoms with Crippen molar-refractivity contribution in [1.82, 2.24) is 15.3 Å². The number of nitrogens with one attached hydrogen (secondary N) is 2. The van der Waals surface area contributed by atoms with Crippen LogP contribution in [0.2, 0.25) is 0 Å². The Labute approximate surface area is 137 Å². The number of carbonyl (C=O) groups is 1. The predicted molar refractivity (Wildman–Crippen MR) is 90.8 cm³/mol. The summed E-state index contributed by atoms with van der Waals surface area (Å²) in [4.78, 5) is 22.1. The van der Waals surface area contributed by atoms with E-state index in [1.807, 2.05) is 32.0 Å². The van der Waals surface area contributed by atoms with E-state index in [4.69, 9.17) is 4.74 Å². The van der Waals surface area contributed by atoms with E-state index in [2.05, 4.69) is 20.6 Å². The van der Waals surface area contributed by atoms with Crippen molar-refractivity contribution in [2.24, 2.45) is 5.92 Å². The zero-order valence-electron chi connectivity index (χ0n) is 14.2. The topological polar surface area (TPSA) is 79.4 Å². The first-order valence-corrected chi connectivity index (χ1v) is 8.26. The molecule has 1 saturated carbocycles. The Morgan fingerprint density at radius 3 is 2.74 bits per heavy atom. The monoisotopic (exact) mass is 321 g/mol. The lowest BCUT2D eigenvalue weighted by Gasteiger charge is -2.29. The number of alkyl carbamates (subject to hydrolysis) is 1. The Morgan fingerprint density at radius 1 is 1.35 bits per heavy atom. The first kappa shape index (κ1) is 17.3. The summed E-state index contributed by atoms with van der Waals surface area (Å²) in [5.41, 5.74) is 0. The smallest absolute Gasteiger partial charge is 0.407 e. The van der Waals surface area contributed by atoms with Gasteiger partial charge in [0.15, 0.2) is 0 Å². The van der Waals surface area contributed by atoms with Crippen LogP contribution in [0.5, 0.6) is 0 Å². The molecule has 0 atom stereocenters. The summed E-state index contributed by atoms with van der Waals surface area (Å²) >= 11 is 0. The van der Waals surface area contributed by atoms with Crippen LogP contribution in [-0.2, 0) is 4.74 Å². The third kappa shape index (κ3) is 5.58. The molecule has 1 aliphatic carbocycles. The van der Waals surface area contributed by atoms with E-state index in [-0.39, 0.29) is 6.09 Å². The number of hydrogen-bond donors (Lipinski definition) is 2. The van der Waals surface area contributed by atoms with Crippen LogP contribution >= 0.6 is 0 Å².